The zero-order chi connectivity index (χ0) is 19.1. The molecule has 27 heavy (non-hydrogen) atoms. The second-order valence-electron chi connectivity index (χ2n) is 6.59. The Balaban J connectivity index is 1.45. The summed E-state index contributed by atoms with van der Waals surface area (Å²) in [6, 6.07) is 15.1. The Hall–Kier alpha value is -3.02. The SMILES string of the molecule is CCNC(=O)COc1cccc(NC(=O)NCc2ccc(C3CC3)cc2)c1. The highest BCUT2D eigenvalue weighted by Crippen LogP contribution is 2.39. The van der Waals surface area contributed by atoms with Gasteiger partial charge >= 0.3 is 6.03 Å². The molecule has 6 heteroatoms. The van der Waals surface area contributed by atoms with Crippen molar-refractivity contribution in [1.82, 2.24) is 10.6 Å². The molecule has 0 atom stereocenters. The molecule has 0 heterocycles. The van der Waals surface area contributed by atoms with Crippen LogP contribution in [0.4, 0.5) is 10.5 Å². The number of hydrogen-bond acceptors (Lipinski definition) is 3. The molecule has 1 aliphatic rings. The molecule has 0 bridgehead atoms. The lowest BCUT2D eigenvalue weighted by Gasteiger charge is -2.10. The predicted molar refractivity (Wildman–Crippen MR) is 105 cm³/mol. The Labute approximate surface area is 159 Å². The second-order valence-corrected chi connectivity index (χ2v) is 6.59. The van der Waals surface area contributed by atoms with E-state index in [0.29, 0.717) is 24.5 Å². The van der Waals surface area contributed by atoms with E-state index in [2.05, 4.69) is 40.2 Å². The number of hydrogen-bond donors (Lipinski definition) is 3. The van der Waals surface area contributed by atoms with Crippen LogP contribution in [0.3, 0.4) is 0 Å². The van der Waals surface area contributed by atoms with Gasteiger partial charge in [0, 0.05) is 24.8 Å². The molecule has 1 aliphatic carbocycles. The number of rotatable bonds is 8. The Morgan fingerprint density at radius 2 is 1.85 bits per heavy atom. The van der Waals surface area contributed by atoms with Crippen molar-refractivity contribution in [2.45, 2.75) is 32.2 Å². The fourth-order valence-electron chi connectivity index (χ4n) is 2.74. The number of carbonyl (C=O) groups is 2. The van der Waals surface area contributed by atoms with Gasteiger partial charge in [0.25, 0.3) is 5.91 Å². The normalized spacial score (nSPS) is 12.9. The van der Waals surface area contributed by atoms with Gasteiger partial charge in [-0.1, -0.05) is 30.3 Å². The highest BCUT2D eigenvalue weighted by molar-refractivity contribution is 5.89. The quantitative estimate of drug-likeness (QED) is 0.669. The predicted octanol–water partition coefficient (Wildman–Crippen LogP) is 3.40. The number of anilines is 1. The molecule has 3 rings (SSSR count). The van der Waals surface area contributed by atoms with Gasteiger partial charge in [-0.2, -0.15) is 0 Å². The number of urea groups is 1. The molecule has 1 fully saturated rings. The first-order valence-corrected chi connectivity index (χ1v) is 9.27. The molecule has 142 valence electrons. The topological polar surface area (TPSA) is 79.5 Å². The summed E-state index contributed by atoms with van der Waals surface area (Å²) in [5, 5.41) is 8.28. The zero-order valence-electron chi connectivity index (χ0n) is 15.5. The van der Waals surface area contributed by atoms with Crippen LogP contribution < -0.4 is 20.7 Å². The third kappa shape index (κ3) is 6.02. The average Bonchev–Trinajstić information content (AvgIpc) is 3.51. The molecule has 2 aromatic carbocycles. The van der Waals surface area contributed by atoms with Crippen molar-refractivity contribution in [2.75, 3.05) is 18.5 Å². The minimum absolute atomic E-state index is 0.0552. The summed E-state index contributed by atoms with van der Waals surface area (Å²) in [4.78, 5) is 23.6. The first-order chi connectivity index (χ1) is 13.1. The molecule has 0 unspecified atom stereocenters. The van der Waals surface area contributed by atoms with Gasteiger partial charge in [0.05, 0.1) is 0 Å². The van der Waals surface area contributed by atoms with Crippen molar-refractivity contribution < 1.29 is 14.3 Å². The van der Waals surface area contributed by atoms with Crippen LogP contribution in [0.15, 0.2) is 48.5 Å². The van der Waals surface area contributed by atoms with Gasteiger partial charge in [0.2, 0.25) is 0 Å². The van der Waals surface area contributed by atoms with E-state index in [1.54, 1.807) is 24.3 Å². The number of benzene rings is 2. The molecule has 0 aliphatic heterocycles. The average molecular weight is 367 g/mol. The van der Waals surface area contributed by atoms with Crippen molar-refractivity contribution in [3.63, 3.8) is 0 Å². The maximum atomic E-state index is 12.1. The van der Waals surface area contributed by atoms with Crippen molar-refractivity contribution >= 4 is 17.6 Å². The van der Waals surface area contributed by atoms with Crippen molar-refractivity contribution in [3.05, 3.63) is 59.7 Å². The molecule has 0 radical (unpaired) electrons. The van der Waals surface area contributed by atoms with Crippen LogP contribution in [0, 0.1) is 0 Å². The van der Waals surface area contributed by atoms with Gasteiger partial charge in [-0.25, -0.2) is 4.79 Å². The van der Waals surface area contributed by atoms with Gasteiger partial charge < -0.3 is 20.7 Å². The lowest BCUT2D eigenvalue weighted by molar-refractivity contribution is -0.122. The molecule has 6 nitrogen and oxygen atoms in total. The van der Waals surface area contributed by atoms with E-state index in [-0.39, 0.29) is 18.5 Å². The number of amides is 3. The van der Waals surface area contributed by atoms with Gasteiger partial charge in [-0.05, 0) is 48.9 Å². The van der Waals surface area contributed by atoms with Crippen LogP contribution >= 0.6 is 0 Å². The minimum Gasteiger partial charge on any atom is -0.484 e. The maximum absolute atomic E-state index is 12.1. The van der Waals surface area contributed by atoms with E-state index >= 15 is 0 Å². The Morgan fingerprint density at radius 1 is 1.07 bits per heavy atom. The molecule has 0 aromatic heterocycles. The first-order valence-electron chi connectivity index (χ1n) is 9.27. The van der Waals surface area contributed by atoms with Gasteiger partial charge in [0.1, 0.15) is 5.75 Å². The molecule has 0 saturated heterocycles. The fourth-order valence-corrected chi connectivity index (χ4v) is 2.74. The number of likely N-dealkylation sites (N-methyl/N-ethyl adjacent to an activating group) is 1. The van der Waals surface area contributed by atoms with Gasteiger partial charge in [0.15, 0.2) is 6.61 Å². The summed E-state index contributed by atoms with van der Waals surface area (Å²) < 4.78 is 5.42. The van der Waals surface area contributed by atoms with Crippen LogP contribution in [0.2, 0.25) is 0 Å². The smallest absolute Gasteiger partial charge is 0.319 e. The van der Waals surface area contributed by atoms with Crippen LogP contribution in [-0.4, -0.2) is 25.1 Å². The largest absolute Gasteiger partial charge is 0.484 e. The van der Waals surface area contributed by atoms with Gasteiger partial charge in [-0.3, -0.25) is 4.79 Å². The van der Waals surface area contributed by atoms with Crippen molar-refractivity contribution in [2.24, 2.45) is 0 Å². The first kappa shape index (κ1) is 18.8. The second kappa shape index (κ2) is 9.07. The molecule has 3 N–H and O–H groups in total. The van der Waals surface area contributed by atoms with E-state index in [1.807, 2.05) is 6.92 Å². The Kier molecular flexibility index (Phi) is 6.30. The summed E-state index contributed by atoms with van der Waals surface area (Å²) in [5.41, 5.74) is 3.05. The zero-order valence-corrected chi connectivity index (χ0v) is 15.5. The Bertz CT molecular complexity index is 786. The third-order valence-electron chi connectivity index (χ3n) is 4.32. The molecule has 0 spiro atoms. The summed E-state index contributed by atoms with van der Waals surface area (Å²) >= 11 is 0. The maximum Gasteiger partial charge on any atom is 0.319 e. The number of nitrogens with one attached hydrogen (secondary N) is 3. The highest BCUT2D eigenvalue weighted by Gasteiger charge is 2.22. The minimum atomic E-state index is -0.290. The Morgan fingerprint density at radius 3 is 2.56 bits per heavy atom. The lowest BCUT2D eigenvalue weighted by Crippen LogP contribution is -2.29. The van der Waals surface area contributed by atoms with E-state index in [9.17, 15) is 9.59 Å². The van der Waals surface area contributed by atoms with E-state index in [4.69, 9.17) is 4.74 Å². The number of ether oxygens (including phenoxy) is 1. The van der Waals surface area contributed by atoms with Crippen LogP contribution in [0.5, 0.6) is 5.75 Å². The molecular formula is C21H25N3O3. The molecular weight excluding hydrogens is 342 g/mol. The third-order valence-corrected chi connectivity index (χ3v) is 4.32. The summed E-state index contributed by atoms with van der Waals surface area (Å²) in [7, 11) is 0. The molecule has 1 saturated carbocycles. The lowest BCUT2D eigenvalue weighted by atomic mass is 10.1. The van der Waals surface area contributed by atoms with Crippen molar-refractivity contribution in [1.29, 1.82) is 0 Å². The van der Waals surface area contributed by atoms with Crippen LogP contribution in [-0.2, 0) is 11.3 Å². The molecule has 2 aromatic rings. The van der Waals surface area contributed by atoms with Crippen LogP contribution in [0.1, 0.15) is 36.8 Å². The van der Waals surface area contributed by atoms with E-state index in [1.165, 1.54) is 18.4 Å². The standard InChI is InChI=1S/C21H25N3O3/c1-2-22-20(25)14-27-19-5-3-4-18(12-19)24-21(26)23-13-15-6-8-16(9-7-15)17-10-11-17/h3-9,12,17H,2,10-11,13-14H2,1H3,(H,22,25)(H2,23,24,26). The van der Waals surface area contributed by atoms with Crippen LogP contribution in [0.25, 0.3) is 0 Å². The molecule has 3 amide bonds. The summed E-state index contributed by atoms with van der Waals surface area (Å²) in [6.45, 7) is 2.82. The summed E-state index contributed by atoms with van der Waals surface area (Å²) in [6.07, 6.45) is 2.57. The monoisotopic (exact) mass is 367 g/mol. The van der Waals surface area contributed by atoms with Gasteiger partial charge in [-0.15, -0.1) is 0 Å². The summed E-state index contributed by atoms with van der Waals surface area (Å²) in [5.74, 6) is 1.08. The van der Waals surface area contributed by atoms with E-state index < -0.39 is 0 Å². The fraction of sp³-hybridized carbons (Fsp3) is 0.333. The number of carbonyl (C=O) groups excluding carboxylic acids is 2. The highest BCUT2D eigenvalue weighted by atomic mass is 16.5. The van der Waals surface area contributed by atoms with Crippen molar-refractivity contribution in [3.8, 4) is 5.75 Å². The van der Waals surface area contributed by atoms with E-state index in [0.717, 1.165) is 11.5 Å².